The fraction of sp³-hybridized carbons (Fsp3) is 0.154. The molecule has 0 bridgehead atoms. The van der Waals surface area contributed by atoms with Gasteiger partial charge in [-0.2, -0.15) is 0 Å². The molecule has 20 heavy (non-hydrogen) atoms. The van der Waals surface area contributed by atoms with Crippen LogP contribution in [-0.4, -0.2) is 17.6 Å². The Labute approximate surface area is 125 Å². The normalized spacial score (nSPS) is 10.3. The third-order valence-electron chi connectivity index (χ3n) is 2.76. The second-order valence-corrected chi connectivity index (χ2v) is 5.02. The van der Waals surface area contributed by atoms with Crippen LogP contribution in [0.1, 0.15) is 16.1 Å². The van der Waals surface area contributed by atoms with Gasteiger partial charge in [0.25, 0.3) is 0 Å². The van der Waals surface area contributed by atoms with E-state index in [1.165, 1.54) is 13.2 Å². The van der Waals surface area contributed by atoms with Crippen molar-refractivity contribution >= 4 is 35.9 Å². The average molecular weight is 311 g/mol. The second-order valence-electron chi connectivity index (χ2n) is 4.07. The third-order valence-corrected chi connectivity index (χ3v) is 3.24. The van der Waals surface area contributed by atoms with Crippen molar-refractivity contribution in [3.63, 3.8) is 0 Å². The summed E-state index contributed by atoms with van der Waals surface area (Å²) in [7, 11) is 1.30. The lowest BCUT2D eigenvalue weighted by molar-refractivity contribution is 0.0589. The average Bonchev–Trinajstić information content (AvgIpc) is 2.79. The predicted octanol–water partition coefficient (Wildman–Crippen LogP) is 3.66. The molecule has 0 aliphatic carbocycles. The van der Waals surface area contributed by atoms with Gasteiger partial charge in [0, 0.05) is 21.7 Å². The van der Waals surface area contributed by atoms with Gasteiger partial charge in [-0.15, -0.1) is 17.5 Å². The van der Waals surface area contributed by atoms with Crippen LogP contribution in [-0.2, 0) is 11.3 Å². The number of esters is 1. The van der Waals surface area contributed by atoms with Gasteiger partial charge < -0.3 is 9.30 Å². The van der Waals surface area contributed by atoms with Gasteiger partial charge in [-0.1, -0.05) is 11.6 Å². The van der Waals surface area contributed by atoms with Crippen molar-refractivity contribution in [2.24, 2.45) is 5.18 Å². The molecule has 2 aromatic rings. The third kappa shape index (κ3) is 3.02. The molecule has 0 aliphatic heterocycles. The molecule has 1 heterocycles. The largest absolute Gasteiger partial charge is 0.464 e. The van der Waals surface area contributed by atoms with E-state index in [4.69, 9.17) is 16.3 Å². The predicted molar refractivity (Wildman–Crippen MR) is 79.0 cm³/mol. The molecule has 0 spiro atoms. The highest BCUT2D eigenvalue weighted by Gasteiger charge is 2.15. The van der Waals surface area contributed by atoms with Crippen molar-refractivity contribution in [3.05, 3.63) is 51.6 Å². The first-order valence-corrected chi connectivity index (χ1v) is 6.47. The lowest BCUT2D eigenvalue weighted by Gasteiger charge is -2.09. The molecule has 0 unspecified atom stereocenters. The van der Waals surface area contributed by atoms with Crippen LogP contribution in [0.3, 0.4) is 0 Å². The van der Waals surface area contributed by atoms with E-state index in [1.54, 1.807) is 29.0 Å². The lowest BCUT2D eigenvalue weighted by atomic mass is 10.2. The Hall–Kier alpha value is -1.79. The van der Waals surface area contributed by atoms with Crippen LogP contribution >= 0.6 is 24.2 Å². The maximum Gasteiger partial charge on any atom is 0.354 e. The first kappa shape index (κ1) is 14.6. The summed E-state index contributed by atoms with van der Waals surface area (Å²) >= 11 is 10.1. The minimum absolute atomic E-state index is 0.270. The summed E-state index contributed by atoms with van der Waals surface area (Å²) < 4.78 is 6.34. The van der Waals surface area contributed by atoms with Gasteiger partial charge in [0.15, 0.2) is 0 Å². The quantitative estimate of drug-likeness (QED) is 0.532. The Kier molecular flexibility index (Phi) is 4.46. The molecule has 1 aromatic carbocycles. The number of thiol groups is 1. The van der Waals surface area contributed by atoms with E-state index < -0.39 is 5.97 Å². The first-order chi connectivity index (χ1) is 9.55. The Morgan fingerprint density at radius 3 is 2.85 bits per heavy atom. The molecule has 1 aromatic heterocycles. The summed E-state index contributed by atoms with van der Waals surface area (Å²) in [5.74, 6) is -0.479. The maximum absolute atomic E-state index is 11.7. The summed E-state index contributed by atoms with van der Waals surface area (Å²) in [4.78, 5) is 23.1. The standard InChI is InChI=1S/C13H11ClN2O3S/c1-19-13(17)12-5-10(20)7-16(12)6-8-4-9(14)2-3-11(8)15-18/h2-5,7,20H,6H2,1H3. The smallest absolute Gasteiger partial charge is 0.354 e. The van der Waals surface area contributed by atoms with Crippen LogP contribution < -0.4 is 0 Å². The van der Waals surface area contributed by atoms with E-state index in [9.17, 15) is 9.70 Å². The van der Waals surface area contributed by atoms with Gasteiger partial charge in [0.1, 0.15) is 11.4 Å². The molecule has 0 saturated carbocycles. The molecule has 2 rings (SSSR count). The van der Waals surface area contributed by atoms with Crippen molar-refractivity contribution in [2.45, 2.75) is 11.4 Å². The topological polar surface area (TPSA) is 60.7 Å². The van der Waals surface area contributed by atoms with E-state index in [2.05, 4.69) is 17.8 Å². The fourth-order valence-electron chi connectivity index (χ4n) is 1.85. The molecule has 0 saturated heterocycles. The molecule has 0 fully saturated rings. The SMILES string of the molecule is COC(=O)c1cc(S)cn1Cc1cc(Cl)ccc1N=O. The highest BCUT2D eigenvalue weighted by Crippen LogP contribution is 2.25. The Morgan fingerprint density at radius 1 is 1.45 bits per heavy atom. The number of hydrogen-bond acceptors (Lipinski definition) is 5. The van der Waals surface area contributed by atoms with Gasteiger partial charge in [-0.05, 0) is 29.4 Å². The highest BCUT2D eigenvalue weighted by atomic mass is 35.5. The summed E-state index contributed by atoms with van der Waals surface area (Å²) in [6.45, 7) is 0.270. The zero-order valence-electron chi connectivity index (χ0n) is 10.5. The minimum atomic E-state index is -0.479. The van der Waals surface area contributed by atoms with Crippen molar-refractivity contribution in [1.29, 1.82) is 0 Å². The monoisotopic (exact) mass is 310 g/mol. The number of rotatable bonds is 4. The number of halogens is 1. The van der Waals surface area contributed by atoms with E-state index in [0.29, 0.717) is 21.2 Å². The van der Waals surface area contributed by atoms with E-state index >= 15 is 0 Å². The van der Waals surface area contributed by atoms with Crippen LogP contribution in [0.4, 0.5) is 5.69 Å². The number of methoxy groups -OCH3 is 1. The fourth-order valence-corrected chi connectivity index (χ4v) is 2.31. The number of ether oxygens (including phenoxy) is 1. The van der Waals surface area contributed by atoms with Crippen molar-refractivity contribution in [1.82, 2.24) is 4.57 Å². The highest BCUT2D eigenvalue weighted by molar-refractivity contribution is 7.80. The molecule has 0 aliphatic rings. The Bertz CT molecular complexity index is 670. The number of aromatic nitrogens is 1. The van der Waals surface area contributed by atoms with Crippen LogP contribution in [0.5, 0.6) is 0 Å². The molecule has 0 radical (unpaired) electrons. The van der Waals surface area contributed by atoms with Gasteiger partial charge in [-0.25, -0.2) is 4.79 Å². The summed E-state index contributed by atoms with van der Waals surface area (Å²) in [6, 6.07) is 6.35. The number of carbonyl (C=O) groups is 1. The zero-order chi connectivity index (χ0) is 14.7. The lowest BCUT2D eigenvalue weighted by Crippen LogP contribution is -2.10. The number of benzene rings is 1. The molecule has 0 amide bonds. The summed E-state index contributed by atoms with van der Waals surface area (Å²) in [5, 5.41) is 3.44. The molecular formula is C13H11ClN2O3S. The second kappa shape index (κ2) is 6.11. The van der Waals surface area contributed by atoms with Crippen LogP contribution in [0.15, 0.2) is 40.5 Å². The number of nitrogens with zero attached hydrogens (tertiary/aromatic N) is 2. The Balaban J connectivity index is 2.42. The van der Waals surface area contributed by atoms with Crippen molar-refractivity contribution in [3.8, 4) is 0 Å². The van der Waals surface area contributed by atoms with Gasteiger partial charge in [0.05, 0.1) is 13.7 Å². The van der Waals surface area contributed by atoms with E-state index in [0.717, 1.165) is 0 Å². The van der Waals surface area contributed by atoms with Crippen LogP contribution in [0.2, 0.25) is 5.02 Å². The molecular weight excluding hydrogens is 300 g/mol. The van der Waals surface area contributed by atoms with Crippen molar-refractivity contribution in [2.75, 3.05) is 7.11 Å². The van der Waals surface area contributed by atoms with Gasteiger partial charge in [0.2, 0.25) is 0 Å². The van der Waals surface area contributed by atoms with Crippen LogP contribution in [0, 0.1) is 4.91 Å². The van der Waals surface area contributed by atoms with E-state index in [1.807, 2.05) is 0 Å². The Morgan fingerprint density at radius 2 is 2.20 bits per heavy atom. The number of hydrogen-bond donors (Lipinski definition) is 1. The zero-order valence-corrected chi connectivity index (χ0v) is 12.2. The number of carbonyl (C=O) groups excluding carboxylic acids is 1. The van der Waals surface area contributed by atoms with Crippen LogP contribution in [0.25, 0.3) is 0 Å². The van der Waals surface area contributed by atoms with E-state index in [-0.39, 0.29) is 12.2 Å². The first-order valence-electron chi connectivity index (χ1n) is 5.64. The summed E-state index contributed by atoms with van der Waals surface area (Å²) in [6.07, 6.45) is 1.67. The minimum Gasteiger partial charge on any atom is -0.464 e. The summed E-state index contributed by atoms with van der Waals surface area (Å²) in [5.41, 5.74) is 1.23. The molecule has 104 valence electrons. The molecule has 0 N–H and O–H groups in total. The van der Waals surface area contributed by atoms with Gasteiger partial charge >= 0.3 is 5.97 Å². The molecule has 7 heteroatoms. The number of nitroso groups, excluding NO2 is 1. The molecule has 5 nitrogen and oxygen atoms in total. The van der Waals surface area contributed by atoms with Gasteiger partial charge in [-0.3, -0.25) is 0 Å². The molecule has 0 atom stereocenters. The maximum atomic E-state index is 11.7. The van der Waals surface area contributed by atoms with Crippen molar-refractivity contribution < 1.29 is 9.53 Å².